The van der Waals surface area contributed by atoms with Crippen LogP contribution in [0.25, 0.3) is 0 Å². The van der Waals surface area contributed by atoms with Gasteiger partial charge in [-0.25, -0.2) is 0 Å². The molecule has 2 rings (SSSR count). The van der Waals surface area contributed by atoms with E-state index in [4.69, 9.17) is 0 Å². The fraction of sp³-hybridized carbons (Fsp3) is 0.933. The molecule has 1 aliphatic heterocycles. The first-order chi connectivity index (χ1) is 8.66. The minimum atomic E-state index is 0.178. The van der Waals surface area contributed by atoms with Gasteiger partial charge in [-0.1, -0.05) is 32.1 Å². The number of hydrogen-bond donors (Lipinski definition) is 1. The van der Waals surface area contributed by atoms with Crippen molar-refractivity contribution in [3.05, 3.63) is 0 Å². The molecular formula is C15H28N2O. The van der Waals surface area contributed by atoms with Crippen molar-refractivity contribution >= 4 is 5.78 Å². The number of nitrogens with zero attached hydrogens (tertiary/aromatic N) is 1. The topological polar surface area (TPSA) is 32.3 Å². The number of piperazine rings is 1. The largest absolute Gasteiger partial charge is 0.312 e. The summed E-state index contributed by atoms with van der Waals surface area (Å²) in [5, 5.41) is 3.46. The molecule has 0 bridgehead atoms. The first-order valence-electron chi connectivity index (χ1n) is 7.64. The van der Waals surface area contributed by atoms with Crippen molar-refractivity contribution in [2.24, 2.45) is 5.92 Å². The van der Waals surface area contributed by atoms with Crippen molar-refractivity contribution in [1.29, 1.82) is 0 Å². The van der Waals surface area contributed by atoms with Crippen LogP contribution in [0.3, 0.4) is 0 Å². The number of nitrogens with one attached hydrogen (secondary N) is 1. The molecule has 3 heteroatoms. The summed E-state index contributed by atoms with van der Waals surface area (Å²) in [5.41, 5.74) is 0. The average molecular weight is 252 g/mol. The Kier molecular flexibility index (Phi) is 5.19. The van der Waals surface area contributed by atoms with Gasteiger partial charge in [-0.2, -0.15) is 0 Å². The Morgan fingerprint density at radius 2 is 2.06 bits per heavy atom. The second-order valence-electron chi connectivity index (χ2n) is 6.22. The van der Waals surface area contributed by atoms with E-state index in [1.807, 2.05) is 0 Å². The lowest BCUT2D eigenvalue weighted by atomic mass is 9.83. The van der Waals surface area contributed by atoms with Crippen LogP contribution >= 0.6 is 0 Å². The number of rotatable bonds is 4. The summed E-state index contributed by atoms with van der Waals surface area (Å²) < 4.78 is 0. The lowest BCUT2D eigenvalue weighted by Gasteiger charge is -2.38. The van der Waals surface area contributed by atoms with E-state index in [1.165, 1.54) is 32.1 Å². The molecule has 1 heterocycles. The van der Waals surface area contributed by atoms with Crippen LogP contribution in [0.2, 0.25) is 0 Å². The van der Waals surface area contributed by atoms with Crippen molar-refractivity contribution in [2.75, 3.05) is 19.6 Å². The molecule has 1 saturated heterocycles. The Balaban J connectivity index is 1.92. The van der Waals surface area contributed by atoms with Crippen LogP contribution in [0, 0.1) is 5.92 Å². The Hall–Kier alpha value is -0.410. The third kappa shape index (κ3) is 3.79. The minimum Gasteiger partial charge on any atom is -0.312 e. The molecule has 0 unspecified atom stereocenters. The highest BCUT2D eigenvalue weighted by molar-refractivity contribution is 5.81. The molecule has 0 aromatic heterocycles. The molecule has 2 atom stereocenters. The molecule has 0 aromatic carbocycles. The Labute approximate surface area is 111 Å². The van der Waals surface area contributed by atoms with E-state index in [0.29, 0.717) is 11.8 Å². The monoisotopic (exact) mass is 252 g/mol. The van der Waals surface area contributed by atoms with Gasteiger partial charge in [0.05, 0.1) is 6.04 Å². The van der Waals surface area contributed by atoms with Gasteiger partial charge in [0.1, 0.15) is 5.78 Å². The van der Waals surface area contributed by atoms with Crippen molar-refractivity contribution < 1.29 is 4.79 Å². The molecule has 1 saturated carbocycles. The van der Waals surface area contributed by atoms with Gasteiger partial charge in [0.25, 0.3) is 0 Å². The average Bonchev–Trinajstić information content (AvgIpc) is 2.37. The summed E-state index contributed by atoms with van der Waals surface area (Å²) in [6.07, 6.45) is 7.91. The van der Waals surface area contributed by atoms with Crippen LogP contribution in [-0.4, -0.2) is 42.4 Å². The summed E-state index contributed by atoms with van der Waals surface area (Å²) in [4.78, 5) is 14.4. The lowest BCUT2D eigenvalue weighted by Crippen LogP contribution is -2.55. The second kappa shape index (κ2) is 6.67. The molecule has 0 amide bonds. The van der Waals surface area contributed by atoms with Gasteiger partial charge in [0.15, 0.2) is 0 Å². The SMILES string of the molecule is CC(=O)[C@H](CC1CCCCC1)N1CCN[C@@H](C)C1. The van der Waals surface area contributed by atoms with E-state index < -0.39 is 0 Å². The summed E-state index contributed by atoms with van der Waals surface area (Å²) in [5.74, 6) is 1.16. The molecule has 2 fully saturated rings. The molecule has 0 spiro atoms. The van der Waals surface area contributed by atoms with Crippen LogP contribution in [0.4, 0.5) is 0 Å². The van der Waals surface area contributed by atoms with E-state index in [0.717, 1.165) is 32.0 Å². The first-order valence-corrected chi connectivity index (χ1v) is 7.64. The van der Waals surface area contributed by atoms with Crippen LogP contribution in [0.15, 0.2) is 0 Å². The Morgan fingerprint density at radius 3 is 2.67 bits per heavy atom. The third-order valence-corrected chi connectivity index (χ3v) is 4.59. The van der Waals surface area contributed by atoms with Gasteiger partial charge in [0, 0.05) is 25.7 Å². The molecule has 1 N–H and O–H groups in total. The zero-order valence-corrected chi connectivity index (χ0v) is 12.0. The number of carbonyl (C=O) groups is 1. The van der Waals surface area contributed by atoms with Crippen molar-refractivity contribution in [3.8, 4) is 0 Å². The fourth-order valence-electron chi connectivity index (χ4n) is 3.56. The van der Waals surface area contributed by atoms with Gasteiger partial charge >= 0.3 is 0 Å². The zero-order valence-electron chi connectivity index (χ0n) is 12.0. The third-order valence-electron chi connectivity index (χ3n) is 4.59. The van der Waals surface area contributed by atoms with Crippen molar-refractivity contribution in [1.82, 2.24) is 10.2 Å². The summed E-state index contributed by atoms with van der Waals surface area (Å²) in [7, 11) is 0. The number of carbonyl (C=O) groups excluding carboxylic acids is 1. The molecule has 2 aliphatic rings. The smallest absolute Gasteiger partial charge is 0.146 e. The quantitative estimate of drug-likeness (QED) is 0.832. The summed E-state index contributed by atoms with van der Waals surface area (Å²) in [6, 6.07) is 0.699. The van der Waals surface area contributed by atoms with Crippen LogP contribution in [0.1, 0.15) is 52.4 Å². The van der Waals surface area contributed by atoms with E-state index >= 15 is 0 Å². The van der Waals surface area contributed by atoms with Crippen LogP contribution in [0.5, 0.6) is 0 Å². The molecule has 3 nitrogen and oxygen atoms in total. The van der Waals surface area contributed by atoms with Gasteiger partial charge < -0.3 is 5.32 Å². The van der Waals surface area contributed by atoms with E-state index in [-0.39, 0.29) is 6.04 Å². The van der Waals surface area contributed by atoms with Crippen LogP contribution < -0.4 is 5.32 Å². The normalized spacial score (nSPS) is 29.1. The van der Waals surface area contributed by atoms with E-state index in [1.54, 1.807) is 6.92 Å². The lowest BCUT2D eigenvalue weighted by molar-refractivity contribution is -0.123. The van der Waals surface area contributed by atoms with Crippen molar-refractivity contribution in [3.63, 3.8) is 0 Å². The Morgan fingerprint density at radius 1 is 1.33 bits per heavy atom. The van der Waals surface area contributed by atoms with E-state index in [9.17, 15) is 4.79 Å². The summed E-state index contributed by atoms with van der Waals surface area (Å²) >= 11 is 0. The Bertz CT molecular complexity index is 274. The maximum atomic E-state index is 12.0. The molecular weight excluding hydrogens is 224 g/mol. The highest BCUT2D eigenvalue weighted by Gasteiger charge is 2.29. The number of ketones is 1. The van der Waals surface area contributed by atoms with Gasteiger partial charge in [-0.3, -0.25) is 9.69 Å². The molecule has 1 aliphatic carbocycles. The predicted octanol–water partition coefficient (Wildman–Crippen LogP) is 2.21. The van der Waals surface area contributed by atoms with Crippen LogP contribution in [-0.2, 0) is 4.79 Å². The highest BCUT2D eigenvalue weighted by Crippen LogP contribution is 2.29. The maximum absolute atomic E-state index is 12.0. The van der Waals surface area contributed by atoms with Crippen molar-refractivity contribution in [2.45, 2.75) is 64.5 Å². The fourth-order valence-corrected chi connectivity index (χ4v) is 3.56. The van der Waals surface area contributed by atoms with Gasteiger partial charge in [0.2, 0.25) is 0 Å². The van der Waals surface area contributed by atoms with E-state index in [2.05, 4.69) is 17.1 Å². The molecule has 18 heavy (non-hydrogen) atoms. The predicted molar refractivity (Wildman–Crippen MR) is 74.7 cm³/mol. The molecule has 104 valence electrons. The van der Waals surface area contributed by atoms with Gasteiger partial charge in [-0.05, 0) is 26.2 Å². The number of hydrogen-bond acceptors (Lipinski definition) is 3. The standard InChI is InChI=1S/C15H28N2O/c1-12-11-17(9-8-16-12)15(13(2)18)10-14-6-4-3-5-7-14/h12,14-16H,3-11H2,1-2H3/t12-,15-/m0/s1. The second-order valence-corrected chi connectivity index (χ2v) is 6.22. The minimum absolute atomic E-state index is 0.178. The summed E-state index contributed by atoms with van der Waals surface area (Å²) in [6.45, 7) is 7.07. The number of Topliss-reactive ketones (excluding diaryl/α,β-unsaturated/α-hetero) is 1. The molecule has 0 aromatic rings. The maximum Gasteiger partial charge on any atom is 0.146 e. The van der Waals surface area contributed by atoms with Gasteiger partial charge in [-0.15, -0.1) is 0 Å². The molecule has 0 radical (unpaired) electrons. The first kappa shape index (κ1) is 14.0. The zero-order chi connectivity index (χ0) is 13.0. The highest BCUT2D eigenvalue weighted by atomic mass is 16.1.